The molecule has 0 saturated heterocycles. The molecule has 1 aromatic carbocycles. The Labute approximate surface area is 130 Å². The van der Waals surface area contributed by atoms with Crippen LogP contribution in [0.2, 0.25) is 0 Å². The van der Waals surface area contributed by atoms with Gasteiger partial charge < -0.3 is 5.21 Å². The summed E-state index contributed by atoms with van der Waals surface area (Å²) in [5.41, 5.74) is 2.76. The van der Waals surface area contributed by atoms with Gasteiger partial charge in [0.15, 0.2) is 5.82 Å². The quantitative estimate of drug-likeness (QED) is 0.883. The largest absolute Gasteiger partial charge is 0.313 e. The third kappa shape index (κ3) is 2.32. The Kier molecular flexibility index (Phi) is 3.97. The van der Waals surface area contributed by atoms with Crippen molar-refractivity contribution in [1.82, 2.24) is 25.3 Å². The normalized spacial score (nSPS) is 17.9. The number of tetrazole rings is 1. The lowest BCUT2D eigenvalue weighted by Gasteiger charge is -2.39. The van der Waals surface area contributed by atoms with Gasteiger partial charge >= 0.3 is 0 Å². The van der Waals surface area contributed by atoms with Crippen LogP contribution in [0.4, 0.5) is 0 Å². The lowest BCUT2D eigenvalue weighted by molar-refractivity contribution is -0.173. The van der Waals surface area contributed by atoms with E-state index in [1.165, 1.54) is 11.5 Å². The Balaban J connectivity index is 2.16. The Hall–Kier alpha value is -1.79. The Morgan fingerprint density at radius 1 is 1.14 bits per heavy atom. The molecule has 1 aliphatic carbocycles. The molecule has 2 aromatic rings. The van der Waals surface area contributed by atoms with Gasteiger partial charge in [0.25, 0.3) is 0 Å². The standard InChI is InChI=1S/C16H23N5O/c1-12-8-7-9-13(2)14(12)21-15(17-18-19-21)16(20(3)22)10-5-4-6-11-16/h7-9,22H,4-6,10-11H2,1-3H3. The highest BCUT2D eigenvalue weighted by Crippen LogP contribution is 2.40. The first-order chi connectivity index (χ1) is 10.6. The van der Waals surface area contributed by atoms with Crippen molar-refractivity contribution in [3.05, 3.63) is 35.2 Å². The third-order valence-electron chi connectivity index (χ3n) is 4.84. The van der Waals surface area contributed by atoms with Crippen LogP contribution in [0.15, 0.2) is 18.2 Å². The van der Waals surface area contributed by atoms with Crippen LogP contribution < -0.4 is 0 Å². The van der Waals surface area contributed by atoms with E-state index in [4.69, 9.17) is 0 Å². The van der Waals surface area contributed by atoms with Crippen LogP contribution in [-0.4, -0.2) is 37.5 Å². The van der Waals surface area contributed by atoms with Crippen molar-refractivity contribution in [2.45, 2.75) is 51.5 Å². The third-order valence-corrected chi connectivity index (χ3v) is 4.84. The molecule has 0 spiro atoms. The molecule has 3 rings (SSSR count). The molecule has 1 aliphatic rings. The van der Waals surface area contributed by atoms with Crippen molar-refractivity contribution in [2.75, 3.05) is 7.05 Å². The minimum atomic E-state index is -0.504. The predicted octanol–water partition coefficient (Wildman–Crippen LogP) is 2.76. The maximum atomic E-state index is 10.3. The summed E-state index contributed by atoms with van der Waals surface area (Å²) >= 11 is 0. The summed E-state index contributed by atoms with van der Waals surface area (Å²) in [6.45, 7) is 4.12. The first-order valence-electron chi connectivity index (χ1n) is 7.84. The van der Waals surface area contributed by atoms with Crippen molar-refractivity contribution in [2.24, 2.45) is 0 Å². The van der Waals surface area contributed by atoms with E-state index < -0.39 is 5.54 Å². The average Bonchev–Trinajstić information content (AvgIpc) is 2.97. The second kappa shape index (κ2) is 5.78. The molecule has 6 heteroatoms. The van der Waals surface area contributed by atoms with Crippen molar-refractivity contribution in [1.29, 1.82) is 0 Å². The van der Waals surface area contributed by atoms with Gasteiger partial charge in [-0.1, -0.05) is 37.5 Å². The molecule has 0 amide bonds. The van der Waals surface area contributed by atoms with Crippen LogP contribution in [0, 0.1) is 13.8 Å². The molecular formula is C16H23N5O. The van der Waals surface area contributed by atoms with E-state index >= 15 is 0 Å². The zero-order chi connectivity index (χ0) is 15.7. The van der Waals surface area contributed by atoms with Crippen LogP contribution in [0.25, 0.3) is 5.69 Å². The second-order valence-corrected chi connectivity index (χ2v) is 6.27. The van der Waals surface area contributed by atoms with E-state index in [-0.39, 0.29) is 0 Å². The highest BCUT2D eigenvalue weighted by Gasteiger charge is 2.43. The molecule has 0 radical (unpaired) electrons. The number of hydroxylamine groups is 2. The van der Waals surface area contributed by atoms with Crippen LogP contribution in [0.1, 0.15) is 49.1 Å². The van der Waals surface area contributed by atoms with Gasteiger partial charge in [-0.2, -0.15) is 9.75 Å². The number of nitrogens with zero attached hydrogens (tertiary/aromatic N) is 5. The number of benzene rings is 1. The number of aryl methyl sites for hydroxylation is 2. The minimum Gasteiger partial charge on any atom is -0.313 e. The number of aromatic nitrogens is 4. The van der Waals surface area contributed by atoms with E-state index in [1.54, 1.807) is 7.05 Å². The summed E-state index contributed by atoms with van der Waals surface area (Å²) in [5.74, 6) is 0.731. The van der Waals surface area contributed by atoms with Gasteiger partial charge in [0, 0.05) is 7.05 Å². The van der Waals surface area contributed by atoms with Gasteiger partial charge in [-0.05, 0) is 48.2 Å². The van der Waals surface area contributed by atoms with Gasteiger partial charge in [-0.3, -0.25) is 0 Å². The Bertz CT molecular complexity index is 638. The van der Waals surface area contributed by atoms with Gasteiger partial charge in [-0.15, -0.1) is 5.10 Å². The first kappa shape index (κ1) is 15.1. The van der Waals surface area contributed by atoms with Crippen LogP contribution in [0.5, 0.6) is 0 Å². The molecule has 0 unspecified atom stereocenters. The number of rotatable bonds is 3. The molecule has 1 heterocycles. The Morgan fingerprint density at radius 3 is 2.36 bits per heavy atom. The molecule has 0 bridgehead atoms. The Morgan fingerprint density at radius 2 is 1.77 bits per heavy atom. The van der Waals surface area contributed by atoms with E-state index in [0.29, 0.717) is 0 Å². The fourth-order valence-electron chi connectivity index (χ4n) is 3.60. The van der Waals surface area contributed by atoms with Crippen molar-refractivity contribution in [3.63, 3.8) is 0 Å². The van der Waals surface area contributed by atoms with Gasteiger partial charge in [0.1, 0.15) is 5.54 Å². The maximum Gasteiger partial charge on any atom is 0.179 e. The molecule has 1 aromatic heterocycles. The van der Waals surface area contributed by atoms with Crippen LogP contribution in [0.3, 0.4) is 0 Å². The minimum absolute atomic E-state index is 0.504. The summed E-state index contributed by atoms with van der Waals surface area (Å²) in [7, 11) is 1.70. The predicted molar refractivity (Wildman–Crippen MR) is 82.9 cm³/mol. The summed E-state index contributed by atoms with van der Waals surface area (Å²) in [6, 6.07) is 6.15. The topological polar surface area (TPSA) is 67.1 Å². The molecule has 118 valence electrons. The van der Waals surface area contributed by atoms with Crippen LogP contribution >= 0.6 is 0 Å². The SMILES string of the molecule is Cc1cccc(C)c1-n1nnnc1C1(N(C)O)CCCCC1. The van der Waals surface area contributed by atoms with Gasteiger partial charge in [-0.25, -0.2) is 0 Å². The fraction of sp³-hybridized carbons (Fsp3) is 0.562. The van der Waals surface area contributed by atoms with Crippen molar-refractivity contribution >= 4 is 0 Å². The summed E-state index contributed by atoms with van der Waals surface area (Å²) in [6.07, 6.45) is 5.08. The number of hydrogen-bond donors (Lipinski definition) is 1. The maximum absolute atomic E-state index is 10.3. The zero-order valence-electron chi connectivity index (χ0n) is 13.5. The zero-order valence-corrected chi connectivity index (χ0v) is 13.5. The van der Waals surface area contributed by atoms with Crippen molar-refractivity contribution < 1.29 is 5.21 Å². The molecule has 0 atom stereocenters. The van der Waals surface area contributed by atoms with E-state index in [9.17, 15) is 5.21 Å². The summed E-state index contributed by atoms with van der Waals surface area (Å²) in [4.78, 5) is 0. The smallest absolute Gasteiger partial charge is 0.179 e. The molecule has 22 heavy (non-hydrogen) atoms. The lowest BCUT2D eigenvalue weighted by atomic mass is 9.80. The molecule has 6 nitrogen and oxygen atoms in total. The summed E-state index contributed by atoms with van der Waals surface area (Å²) in [5, 5.41) is 24.1. The molecular weight excluding hydrogens is 278 g/mol. The molecule has 1 saturated carbocycles. The monoisotopic (exact) mass is 301 g/mol. The van der Waals surface area contributed by atoms with E-state index in [1.807, 2.05) is 10.7 Å². The van der Waals surface area contributed by atoms with Gasteiger partial charge in [0.2, 0.25) is 0 Å². The first-order valence-corrected chi connectivity index (χ1v) is 7.84. The molecule has 1 fully saturated rings. The van der Waals surface area contributed by atoms with E-state index in [0.717, 1.165) is 48.3 Å². The fourth-order valence-corrected chi connectivity index (χ4v) is 3.60. The lowest BCUT2D eigenvalue weighted by Crippen LogP contribution is -2.45. The molecule has 1 N–H and O–H groups in total. The second-order valence-electron chi connectivity index (χ2n) is 6.27. The highest BCUT2D eigenvalue weighted by molar-refractivity contribution is 5.47. The molecule has 0 aliphatic heterocycles. The number of para-hydroxylation sites is 1. The highest BCUT2D eigenvalue weighted by atomic mass is 16.5. The average molecular weight is 301 g/mol. The van der Waals surface area contributed by atoms with E-state index in [2.05, 4.69) is 41.5 Å². The number of hydrogen-bond acceptors (Lipinski definition) is 5. The summed E-state index contributed by atoms with van der Waals surface area (Å²) < 4.78 is 1.81. The van der Waals surface area contributed by atoms with Crippen molar-refractivity contribution in [3.8, 4) is 5.69 Å². The van der Waals surface area contributed by atoms with Gasteiger partial charge in [0.05, 0.1) is 5.69 Å². The van der Waals surface area contributed by atoms with Crippen LogP contribution in [-0.2, 0) is 5.54 Å².